The van der Waals surface area contributed by atoms with Gasteiger partial charge in [-0.15, -0.1) is 11.3 Å². The largest absolute Gasteiger partial charge is 0.393 e. The van der Waals surface area contributed by atoms with E-state index in [1.54, 1.807) is 6.07 Å². The Morgan fingerprint density at radius 3 is 2.86 bits per heavy atom. The van der Waals surface area contributed by atoms with E-state index in [0.29, 0.717) is 28.3 Å². The summed E-state index contributed by atoms with van der Waals surface area (Å²) < 4.78 is 39.2. The van der Waals surface area contributed by atoms with Gasteiger partial charge in [0, 0.05) is 66.6 Å². The van der Waals surface area contributed by atoms with Gasteiger partial charge in [0.1, 0.15) is 28.7 Å². The average Bonchev–Trinajstić information content (AvgIpc) is 3.69. The molecule has 4 aromatic rings. The smallest absolute Gasteiger partial charge is 0.365 e. The Hall–Kier alpha value is -3.73. The van der Waals surface area contributed by atoms with Crippen LogP contribution in [0, 0.1) is 11.3 Å². The monoisotopic (exact) mass is 596 g/mol. The molecule has 2 unspecified atom stereocenters. The van der Waals surface area contributed by atoms with Crippen molar-refractivity contribution in [1.29, 1.82) is 5.26 Å². The molecule has 9 nitrogen and oxygen atoms in total. The average molecular weight is 597 g/mol. The number of hydrogen-bond acceptors (Lipinski definition) is 8. The summed E-state index contributed by atoms with van der Waals surface area (Å²) in [4.78, 5) is 28.2. The molecule has 13 heteroatoms. The number of thiophene rings is 1. The third-order valence-electron chi connectivity index (χ3n) is 8.16. The Morgan fingerprint density at radius 2 is 2.05 bits per heavy atom. The van der Waals surface area contributed by atoms with Crippen LogP contribution in [0.3, 0.4) is 0 Å². The van der Waals surface area contributed by atoms with E-state index in [4.69, 9.17) is 0 Å². The second-order valence-electron chi connectivity index (χ2n) is 11.1. The number of H-pyrrole nitrogens is 1. The highest BCUT2D eigenvalue weighted by Gasteiger charge is 2.33. The van der Waals surface area contributed by atoms with Gasteiger partial charge < -0.3 is 20.5 Å². The SMILES string of the molecule is N#Cc1cc2cc(CN3CCC(Nc4ncnc5sc(CC(F)(F)F)cc45)C(NC[C@H]4CCCN4C=O)C3)ccc2[nH]1. The predicted octanol–water partition coefficient (Wildman–Crippen LogP) is 4.41. The third kappa shape index (κ3) is 6.35. The number of rotatable bonds is 9. The molecule has 3 atom stereocenters. The highest BCUT2D eigenvalue weighted by Crippen LogP contribution is 2.33. The molecular formula is C29H31F3N8OS. The molecule has 6 rings (SSSR count). The minimum Gasteiger partial charge on any atom is -0.365 e. The fourth-order valence-corrected chi connectivity index (χ4v) is 7.15. The second kappa shape index (κ2) is 11.9. The maximum absolute atomic E-state index is 13.1. The zero-order chi connectivity index (χ0) is 29.3. The molecule has 2 saturated heterocycles. The number of piperidine rings is 1. The molecular weight excluding hydrogens is 565 g/mol. The number of aromatic amines is 1. The normalized spacial score (nSPS) is 21.7. The van der Waals surface area contributed by atoms with Gasteiger partial charge in [-0.3, -0.25) is 9.69 Å². The fourth-order valence-electron chi connectivity index (χ4n) is 6.13. The Kier molecular flexibility index (Phi) is 8.02. The minimum atomic E-state index is -4.29. The molecule has 1 amide bonds. The molecule has 0 aliphatic carbocycles. The topological polar surface area (TPSA) is 113 Å². The Morgan fingerprint density at radius 1 is 1.17 bits per heavy atom. The molecule has 42 heavy (non-hydrogen) atoms. The van der Waals surface area contributed by atoms with Crippen LogP contribution in [0.15, 0.2) is 36.7 Å². The molecule has 2 aliphatic rings. The van der Waals surface area contributed by atoms with Crippen LogP contribution in [0.1, 0.15) is 35.4 Å². The number of carbonyl (C=O) groups excluding carboxylic acids is 1. The lowest BCUT2D eigenvalue weighted by Gasteiger charge is -2.40. The number of hydrogen-bond donors (Lipinski definition) is 3. The summed E-state index contributed by atoms with van der Waals surface area (Å²) in [5, 5.41) is 18.1. The first kappa shape index (κ1) is 28.4. The highest BCUT2D eigenvalue weighted by molar-refractivity contribution is 7.18. The molecule has 5 heterocycles. The van der Waals surface area contributed by atoms with Crippen molar-refractivity contribution in [2.75, 3.05) is 31.5 Å². The minimum absolute atomic E-state index is 0.00679. The quantitative estimate of drug-likeness (QED) is 0.245. The first-order valence-corrected chi connectivity index (χ1v) is 14.8. The first-order chi connectivity index (χ1) is 20.3. The summed E-state index contributed by atoms with van der Waals surface area (Å²) in [6.45, 7) is 3.71. The number of benzene rings is 1. The number of alkyl halides is 3. The van der Waals surface area contributed by atoms with Gasteiger partial charge in [-0.25, -0.2) is 9.97 Å². The molecule has 1 aromatic carbocycles. The molecule has 0 bridgehead atoms. The van der Waals surface area contributed by atoms with Crippen LogP contribution in [-0.2, 0) is 17.8 Å². The van der Waals surface area contributed by atoms with E-state index in [0.717, 1.165) is 79.7 Å². The van der Waals surface area contributed by atoms with Crippen molar-refractivity contribution >= 4 is 44.7 Å². The van der Waals surface area contributed by atoms with Crippen LogP contribution in [0.2, 0.25) is 0 Å². The van der Waals surface area contributed by atoms with Crippen LogP contribution in [0.5, 0.6) is 0 Å². The molecule has 2 fully saturated rings. The van der Waals surface area contributed by atoms with E-state index < -0.39 is 12.6 Å². The lowest BCUT2D eigenvalue weighted by atomic mass is 9.97. The van der Waals surface area contributed by atoms with E-state index in [2.05, 4.69) is 48.7 Å². The number of aromatic nitrogens is 3. The Balaban J connectivity index is 1.20. The zero-order valence-corrected chi connectivity index (χ0v) is 23.6. The molecule has 3 aromatic heterocycles. The van der Waals surface area contributed by atoms with Gasteiger partial charge in [-0.1, -0.05) is 6.07 Å². The lowest BCUT2D eigenvalue weighted by Crippen LogP contribution is -2.57. The van der Waals surface area contributed by atoms with Crippen LogP contribution >= 0.6 is 11.3 Å². The summed E-state index contributed by atoms with van der Waals surface area (Å²) in [5.41, 5.74) is 2.61. The Labute approximate surface area is 244 Å². The first-order valence-electron chi connectivity index (χ1n) is 14.0. The van der Waals surface area contributed by atoms with Gasteiger partial charge in [0.05, 0.1) is 11.8 Å². The van der Waals surface area contributed by atoms with Crippen LogP contribution < -0.4 is 10.6 Å². The van der Waals surface area contributed by atoms with Crippen molar-refractivity contribution < 1.29 is 18.0 Å². The number of nitrogens with zero attached hydrogens (tertiary/aromatic N) is 5. The number of halogens is 3. The Bertz CT molecular complexity index is 1610. The molecule has 0 radical (unpaired) electrons. The lowest BCUT2D eigenvalue weighted by molar-refractivity contribution is -0.126. The van der Waals surface area contributed by atoms with Crippen molar-refractivity contribution in [1.82, 2.24) is 30.1 Å². The number of likely N-dealkylation sites (tertiary alicyclic amines) is 2. The zero-order valence-electron chi connectivity index (χ0n) is 22.8. The second-order valence-corrected chi connectivity index (χ2v) is 12.2. The number of amides is 1. The number of nitriles is 1. The number of nitrogens with one attached hydrogen (secondary N) is 3. The summed E-state index contributed by atoms with van der Waals surface area (Å²) in [7, 11) is 0. The summed E-state index contributed by atoms with van der Waals surface area (Å²) in [6, 6.07) is 11.8. The van der Waals surface area contributed by atoms with Gasteiger partial charge in [-0.05, 0) is 49.1 Å². The van der Waals surface area contributed by atoms with Crippen molar-refractivity contribution in [3.05, 3.63) is 52.8 Å². The van der Waals surface area contributed by atoms with Crippen LogP contribution in [-0.4, -0.2) is 81.6 Å². The number of anilines is 1. The fraction of sp³-hybridized carbons (Fsp3) is 0.448. The summed E-state index contributed by atoms with van der Waals surface area (Å²) in [6.07, 6.45) is -0.244. The van der Waals surface area contributed by atoms with Gasteiger partial charge in [-0.2, -0.15) is 18.4 Å². The van der Waals surface area contributed by atoms with Crippen molar-refractivity contribution in [3.8, 4) is 6.07 Å². The van der Waals surface area contributed by atoms with Crippen molar-refractivity contribution in [2.45, 2.75) is 56.5 Å². The van der Waals surface area contributed by atoms with E-state index in [-0.39, 0.29) is 23.0 Å². The van der Waals surface area contributed by atoms with E-state index in [9.17, 15) is 23.2 Å². The predicted molar refractivity (Wildman–Crippen MR) is 155 cm³/mol. The molecule has 0 spiro atoms. The third-order valence-corrected chi connectivity index (χ3v) is 9.20. The maximum Gasteiger partial charge on any atom is 0.393 e. The van der Waals surface area contributed by atoms with E-state index >= 15 is 0 Å². The maximum atomic E-state index is 13.1. The number of carbonyl (C=O) groups is 1. The number of fused-ring (bicyclic) bond motifs is 2. The van der Waals surface area contributed by atoms with Crippen molar-refractivity contribution in [3.63, 3.8) is 0 Å². The molecule has 0 saturated carbocycles. The van der Waals surface area contributed by atoms with Crippen LogP contribution in [0.4, 0.5) is 19.0 Å². The van der Waals surface area contributed by atoms with E-state index in [1.165, 1.54) is 6.33 Å². The summed E-state index contributed by atoms with van der Waals surface area (Å²) in [5.74, 6) is 0.538. The van der Waals surface area contributed by atoms with E-state index in [1.807, 2.05) is 17.0 Å². The van der Waals surface area contributed by atoms with Crippen LogP contribution in [0.25, 0.3) is 21.1 Å². The summed E-state index contributed by atoms with van der Waals surface area (Å²) >= 11 is 1.04. The van der Waals surface area contributed by atoms with Crippen molar-refractivity contribution in [2.24, 2.45) is 0 Å². The molecule has 3 N–H and O–H groups in total. The molecule has 220 valence electrons. The van der Waals surface area contributed by atoms with Gasteiger partial charge >= 0.3 is 6.18 Å². The highest BCUT2D eigenvalue weighted by atomic mass is 32.1. The molecule has 2 aliphatic heterocycles. The standard InChI is InChI=1S/C29H31F3N8OS/c30-29(31,32)11-22-10-23-27(35-16-36-28(23)42-22)38-25-5-7-39(15-26(25)34-13-21-2-1-6-40(21)17-41)14-18-3-4-24-19(8-18)9-20(12-33)37-24/h3-4,8-10,16-17,21,25-26,34,37H,1-2,5-7,11,13-15H2,(H,35,36,38)/t21-,25?,26?/m1/s1. The van der Waals surface area contributed by atoms with Gasteiger partial charge in [0.2, 0.25) is 6.41 Å². The van der Waals surface area contributed by atoms with Gasteiger partial charge in [0.25, 0.3) is 0 Å². The van der Waals surface area contributed by atoms with Gasteiger partial charge in [0.15, 0.2) is 0 Å².